The lowest BCUT2D eigenvalue weighted by Gasteiger charge is -2.11. The van der Waals surface area contributed by atoms with Gasteiger partial charge in [-0.3, -0.25) is 0 Å². The minimum absolute atomic E-state index is 0.679. The number of thioether (sulfide) groups is 1. The SMILES string of the molecule is CCSc1nc(C)c(C)n1CC(C)C. The Labute approximate surface area is 91.1 Å². The lowest BCUT2D eigenvalue weighted by Crippen LogP contribution is -2.07. The molecular weight excluding hydrogens is 192 g/mol. The van der Waals surface area contributed by atoms with Gasteiger partial charge < -0.3 is 4.57 Å². The molecule has 3 heteroatoms. The molecule has 0 radical (unpaired) electrons. The Balaban J connectivity index is 2.97. The van der Waals surface area contributed by atoms with Crippen LogP contribution in [0.3, 0.4) is 0 Å². The summed E-state index contributed by atoms with van der Waals surface area (Å²) in [5.41, 5.74) is 2.48. The second kappa shape index (κ2) is 4.87. The van der Waals surface area contributed by atoms with Crippen LogP contribution in [-0.4, -0.2) is 15.3 Å². The number of hydrogen-bond donors (Lipinski definition) is 0. The van der Waals surface area contributed by atoms with E-state index in [2.05, 4.69) is 44.2 Å². The smallest absolute Gasteiger partial charge is 0.168 e. The molecule has 0 N–H and O–H groups in total. The number of aromatic nitrogens is 2. The van der Waals surface area contributed by atoms with Crippen LogP contribution >= 0.6 is 11.8 Å². The molecule has 0 saturated carbocycles. The van der Waals surface area contributed by atoms with Crippen molar-refractivity contribution < 1.29 is 0 Å². The van der Waals surface area contributed by atoms with Crippen LogP contribution in [0.2, 0.25) is 0 Å². The van der Waals surface area contributed by atoms with Crippen LogP contribution in [0.5, 0.6) is 0 Å². The number of rotatable bonds is 4. The molecule has 0 saturated heterocycles. The van der Waals surface area contributed by atoms with Gasteiger partial charge in [0, 0.05) is 12.2 Å². The summed E-state index contributed by atoms with van der Waals surface area (Å²) < 4.78 is 2.34. The molecule has 14 heavy (non-hydrogen) atoms. The van der Waals surface area contributed by atoms with Crippen LogP contribution in [0, 0.1) is 19.8 Å². The van der Waals surface area contributed by atoms with E-state index in [0.29, 0.717) is 5.92 Å². The van der Waals surface area contributed by atoms with E-state index in [1.54, 1.807) is 0 Å². The monoisotopic (exact) mass is 212 g/mol. The summed E-state index contributed by atoms with van der Waals surface area (Å²) in [6, 6.07) is 0. The van der Waals surface area contributed by atoms with Gasteiger partial charge in [-0.2, -0.15) is 0 Å². The average Bonchev–Trinajstić information content (AvgIpc) is 2.33. The zero-order valence-electron chi connectivity index (χ0n) is 9.79. The van der Waals surface area contributed by atoms with Gasteiger partial charge in [0.2, 0.25) is 0 Å². The second-order valence-corrected chi connectivity index (χ2v) is 5.23. The van der Waals surface area contributed by atoms with Crippen LogP contribution < -0.4 is 0 Å². The van der Waals surface area contributed by atoms with Gasteiger partial charge in [0.05, 0.1) is 5.69 Å². The van der Waals surface area contributed by atoms with Gasteiger partial charge in [-0.05, 0) is 25.5 Å². The first-order valence-corrected chi connectivity index (χ1v) is 6.21. The van der Waals surface area contributed by atoms with Crippen molar-refractivity contribution in [3.05, 3.63) is 11.4 Å². The summed E-state index contributed by atoms with van der Waals surface area (Å²) in [5.74, 6) is 1.77. The van der Waals surface area contributed by atoms with Gasteiger partial charge >= 0.3 is 0 Å². The Morgan fingerprint density at radius 3 is 2.50 bits per heavy atom. The van der Waals surface area contributed by atoms with E-state index in [0.717, 1.165) is 12.3 Å². The molecule has 0 amide bonds. The molecule has 0 aliphatic rings. The van der Waals surface area contributed by atoms with Crippen molar-refractivity contribution in [2.45, 2.75) is 46.3 Å². The lowest BCUT2D eigenvalue weighted by atomic mass is 10.2. The summed E-state index contributed by atoms with van der Waals surface area (Å²) in [6.07, 6.45) is 0. The van der Waals surface area contributed by atoms with E-state index in [1.165, 1.54) is 16.5 Å². The lowest BCUT2D eigenvalue weighted by molar-refractivity contribution is 0.486. The molecule has 0 fully saturated rings. The maximum Gasteiger partial charge on any atom is 0.168 e. The van der Waals surface area contributed by atoms with E-state index >= 15 is 0 Å². The highest BCUT2D eigenvalue weighted by Gasteiger charge is 2.11. The number of hydrogen-bond acceptors (Lipinski definition) is 2. The maximum atomic E-state index is 4.58. The molecule has 0 spiro atoms. The zero-order valence-corrected chi connectivity index (χ0v) is 10.6. The quantitative estimate of drug-likeness (QED) is 0.713. The van der Waals surface area contributed by atoms with Crippen molar-refractivity contribution in [1.29, 1.82) is 0 Å². The minimum atomic E-state index is 0.679. The third-order valence-electron chi connectivity index (χ3n) is 2.24. The zero-order chi connectivity index (χ0) is 10.7. The van der Waals surface area contributed by atoms with Crippen molar-refractivity contribution in [2.24, 2.45) is 5.92 Å². The Morgan fingerprint density at radius 2 is 2.00 bits per heavy atom. The van der Waals surface area contributed by atoms with Gasteiger partial charge in [0.1, 0.15) is 0 Å². The molecule has 1 heterocycles. The predicted octanol–water partition coefficient (Wildman–Crippen LogP) is 3.27. The fourth-order valence-electron chi connectivity index (χ4n) is 1.44. The standard InChI is InChI=1S/C11H20N2S/c1-6-14-11-12-9(4)10(5)13(11)7-8(2)3/h8H,6-7H2,1-5H3. The van der Waals surface area contributed by atoms with Gasteiger partial charge in [-0.15, -0.1) is 0 Å². The largest absolute Gasteiger partial charge is 0.323 e. The van der Waals surface area contributed by atoms with Crippen molar-refractivity contribution in [3.63, 3.8) is 0 Å². The highest BCUT2D eigenvalue weighted by atomic mass is 32.2. The number of nitrogens with zero attached hydrogens (tertiary/aromatic N) is 2. The average molecular weight is 212 g/mol. The third kappa shape index (κ3) is 2.53. The first-order chi connectivity index (χ1) is 6.56. The predicted molar refractivity (Wildman–Crippen MR) is 62.9 cm³/mol. The Bertz CT molecular complexity index is 302. The molecule has 0 aromatic carbocycles. The van der Waals surface area contributed by atoms with E-state index in [4.69, 9.17) is 0 Å². The topological polar surface area (TPSA) is 17.8 Å². The Morgan fingerprint density at radius 1 is 1.36 bits per heavy atom. The molecule has 2 nitrogen and oxygen atoms in total. The van der Waals surface area contributed by atoms with Crippen LogP contribution in [0.25, 0.3) is 0 Å². The Hall–Kier alpha value is -0.440. The van der Waals surface area contributed by atoms with Crippen LogP contribution in [0.1, 0.15) is 32.2 Å². The molecule has 0 aliphatic carbocycles. The van der Waals surface area contributed by atoms with Crippen LogP contribution in [0.4, 0.5) is 0 Å². The van der Waals surface area contributed by atoms with Gasteiger partial charge in [0.25, 0.3) is 0 Å². The fraction of sp³-hybridized carbons (Fsp3) is 0.727. The van der Waals surface area contributed by atoms with E-state index < -0.39 is 0 Å². The van der Waals surface area contributed by atoms with Crippen molar-refractivity contribution in [3.8, 4) is 0 Å². The molecule has 80 valence electrons. The first-order valence-electron chi connectivity index (χ1n) is 5.22. The van der Waals surface area contributed by atoms with Gasteiger partial charge in [0.15, 0.2) is 5.16 Å². The Kier molecular flexibility index (Phi) is 4.05. The van der Waals surface area contributed by atoms with Gasteiger partial charge in [-0.25, -0.2) is 4.98 Å². The number of aryl methyl sites for hydroxylation is 1. The number of imidazole rings is 1. The van der Waals surface area contributed by atoms with Crippen molar-refractivity contribution in [2.75, 3.05) is 5.75 Å². The summed E-state index contributed by atoms with van der Waals surface area (Å²) in [6.45, 7) is 12.0. The van der Waals surface area contributed by atoms with E-state index in [9.17, 15) is 0 Å². The molecule has 1 aromatic heterocycles. The van der Waals surface area contributed by atoms with Crippen LogP contribution in [-0.2, 0) is 6.54 Å². The molecule has 1 aromatic rings. The molecular formula is C11H20N2S. The minimum Gasteiger partial charge on any atom is -0.323 e. The molecule has 0 aliphatic heterocycles. The summed E-state index contributed by atoms with van der Waals surface area (Å²) in [7, 11) is 0. The highest BCUT2D eigenvalue weighted by Crippen LogP contribution is 2.21. The van der Waals surface area contributed by atoms with E-state index in [-0.39, 0.29) is 0 Å². The van der Waals surface area contributed by atoms with Crippen molar-refractivity contribution in [1.82, 2.24) is 9.55 Å². The highest BCUT2D eigenvalue weighted by molar-refractivity contribution is 7.99. The molecule has 0 unspecified atom stereocenters. The molecule has 1 rings (SSSR count). The van der Waals surface area contributed by atoms with Crippen LogP contribution in [0.15, 0.2) is 5.16 Å². The molecule has 0 bridgehead atoms. The summed E-state index contributed by atoms with van der Waals surface area (Å²) in [4.78, 5) is 4.58. The van der Waals surface area contributed by atoms with Gasteiger partial charge in [-0.1, -0.05) is 32.5 Å². The van der Waals surface area contributed by atoms with E-state index in [1.807, 2.05) is 11.8 Å². The first kappa shape index (κ1) is 11.6. The normalized spacial score (nSPS) is 11.3. The van der Waals surface area contributed by atoms with Crippen molar-refractivity contribution >= 4 is 11.8 Å². The summed E-state index contributed by atoms with van der Waals surface area (Å²) in [5, 5.41) is 1.18. The fourth-order valence-corrected chi connectivity index (χ4v) is 2.27. The second-order valence-electron chi connectivity index (χ2n) is 4.00. The maximum absolute atomic E-state index is 4.58. The third-order valence-corrected chi connectivity index (χ3v) is 3.10. The summed E-state index contributed by atoms with van der Waals surface area (Å²) >= 11 is 1.83. The molecule has 0 atom stereocenters.